The quantitative estimate of drug-likeness (QED) is 0.731. The second-order valence-electron chi connectivity index (χ2n) is 5.67. The third-order valence-corrected chi connectivity index (χ3v) is 4.80. The average molecular weight is 372 g/mol. The molecule has 0 spiro atoms. The number of urea groups is 1. The molecule has 4 rings (SSSR count). The number of thiazole rings is 1. The zero-order valence-corrected chi connectivity index (χ0v) is 14.2. The fraction of sp³-hybridized carbons (Fsp3) is 0.188. The lowest BCUT2D eigenvalue weighted by molar-refractivity contribution is -0.130. The fourth-order valence-electron chi connectivity index (χ4n) is 2.64. The monoisotopic (exact) mass is 372 g/mol. The van der Waals surface area contributed by atoms with Crippen molar-refractivity contribution < 1.29 is 14.0 Å². The van der Waals surface area contributed by atoms with Crippen molar-refractivity contribution in [1.82, 2.24) is 30.4 Å². The van der Waals surface area contributed by atoms with Crippen LogP contribution in [-0.2, 0) is 11.3 Å². The Bertz CT molecular complexity index is 922. The lowest BCUT2D eigenvalue weighted by Gasteiger charge is -2.29. The molecular weight excluding hydrogens is 359 g/mol. The highest BCUT2D eigenvalue weighted by atomic mass is 32.1. The summed E-state index contributed by atoms with van der Waals surface area (Å²) in [7, 11) is 0. The minimum Gasteiger partial charge on any atom is -0.328 e. The number of H-pyrrole nitrogens is 1. The smallest absolute Gasteiger partial charge is 0.325 e. The van der Waals surface area contributed by atoms with Crippen molar-refractivity contribution >= 4 is 23.3 Å². The van der Waals surface area contributed by atoms with Crippen LogP contribution in [-0.4, -0.2) is 37.0 Å². The zero-order valence-electron chi connectivity index (χ0n) is 13.3. The molecule has 1 aliphatic rings. The average Bonchev–Trinajstić information content (AvgIpc) is 3.31. The molecule has 1 aliphatic heterocycles. The lowest BCUT2D eigenvalue weighted by Crippen LogP contribution is -2.50. The number of benzene rings is 1. The molecule has 26 heavy (non-hydrogen) atoms. The first-order valence-corrected chi connectivity index (χ1v) is 8.65. The summed E-state index contributed by atoms with van der Waals surface area (Å²) in [6.07, 6.45) is 1.77. The van der Waals surface area contributed by atoms with E-state index >= 15 is 0 Å². The largest absolute Gasteiger partial charge is 0.328 e. The van der Waals surface area contributed by atoms with Crippen LogP contribution in [0.5, 0.6) is 0 Å². The van der Waals surface area contributed by atoms with Gasteiger partial charge in [-0.2, -0.15) is 5.10 Å². The first kappa shape index (κ1) is 16.3. The van der Waals surface area contributed by atoms with Gasteiger partial charge in [0.15, 0.2) is 5.82 Å². The summed E-state index contributed by atoms with van der Waals surface area (Å²) in [4.78, 5) is 34.2. The first-order chi connectivity index (χ1) is 12.6. The molecule has 0 radical (unpaired) electrons. The van der Waals surface area contributed by atoms with Crippen molar-refractivity contribution in [2.45, 2.75) is 19.0 Å². The van der Waals surface area contributed by atoms with Crippen LogP contribution >= 0.6 is 11.3 Å². The van der Waals surface area contributed by atoms with E-state index in [0.29, 0.717) is 22.2 Å². The number of carbonyl (C=O) groups excluding carboxylic acids is 2. The Balaban J connectivity index is 1.47. The van der Waals surface area contributed by atoms with Crippen LogP contribution in [0.25, 0.3) is 11.4 Å². The summed E-state index contributed by atoms with van der Waals surface area (Å²) in [6.45, 7) is -0.0244. The second-order valence-corrected chi connectivity index (χ2v) is 6.60. The maximum atomic E-state index is 13.0. The van der Waals surface area contributed by atoms with Crippen molar-refractivity contribution in [3.8, 4) is 11.4 Å². The highest BCUT2D eigenvalue weighted by Gasteiger charge is 2.34. The molecule has 10 heteroatoms. The fourth-order valence-corrected chi connectivity index (χ4v) is 3.32. The Morgan fingerprint density at radius 1 is 1.27 bits per heavy atom. The highest BCUT2D eigenvalue weighted by Crippen LogP contribution is 2.24. The molecule has 0 bridgehead atoms. The molecule has 3 heterocycles. The summed E-state index contributed by atoms with van der Waals surface area (Å²) >= 11 is 1.39. The van der Waals surface area contributed by atoms with Gasteiger partial charge in [0, 0.05) is 17.1 Å². The second kappa shape index (κ2) is 6.64. The molecule has 1 aromatic carbocycles. The van der Waals surface area contributed by atoms with E-state index < -0.39 is 12.1 Å². The van der Waals surface area contributed by atoms with Crippen LogP contribution in [0, 0.1) is 5.82 Å². The maximum Gasteiger partial charge on any atom is 0.325 e. The molecule has 0 saturated carbocycles. The van der Waals surface area contributed by atoms with Gasteiger partial charge in [0.2, 0.25) is 5.91 Å². The summed E-state index contributed by atoms with van der Waals surface area (Å²) in [5.41, 5.74) is 0.632. The predicted molar refractivity (Wildman–Crippen MR) is 90.3 cm³/mol. The molecule has 1 unspecified atom stereocenters. The van der Waals surface area contributed by atoms with E-state index in [-0.39, 0.29) is 24.7 Å². The molecule has 3 aromatic rings. The molecule has 3 amide bonds. The van der Waals surface area contributed by atoms with Gasteiger partial charge in [-0.3, -0.25) is 14.8 Å². The SMILES string of the molecule is O=C1CC(c2nccs2)NC(=O)N1Cc1nc(-c2ccc(F)cc2)n[nH]1. The van der Waals surface area contributed by atoms with E-state index in [2.05, 4.69) is 25.5 Å². The van der Waals surface area contributed by atoms with Gasteiger partial charge in [-0.1, -0.05) is 0 Å². The topological polar surface area (TPSA) is 104 Å². The van der Waals surface area contributed by atoms with Crippen molar-refractivity contribution in [3.05, 3.63) is 52.5 Å². The van der Waals surface area contributed by atoms with E-state index in [1.54, 1.807) is 23.7 Å². The van der Waals surface area contributed by atoms with E-state index in [1.807, 2.05) is 0 Å². The summed E-state index contributed by atoms with van der Waals surface area (Å²) in [5.74, 6) is 0.0645. The molecular formula is C16H13FN6O2S. The Labute approximate surface area is 151 Å². The maximum absolute atomic E-state index is 13.0. The number of rotatable bonds is 4. The van der Waals surface area contributed by atoms with Gasteiger partial charge in [0.25, 0.3) is 0 Å². The van der Waals surface area contributed by atoms with Gasteiger partial charge < -0.3 is 5.32 Å². The van der Waals surface area contributed by atoms with Crippen LogP contribution in [0.4, 0.5) is 9.18 Å². The van der Waals surface area contributed by atoms with Gasteiger partial charge in [-0.15, -0.1) is 11.3 Å². The highest BCUT2D eigenvalue weighted by molar-refractivity contribution is 7.09. The molecule has 1 fully saturated rings. The van der Waals surface area contributed by atoms with Gasteiger partial charge >= 0.3 is 6.03 Å². The number of aromatic amines is 1. The van der Waals surface area contributed by atoms with Crippen molar-refractivity contribution in [3.63, 3.8) is 0 Å². The molecule has 132 valence electrons. The van der Waals surface area contributed by atoms with E-state index in [0.717, 1.165) is 4.90 Å². The number of hydrogen-bond acceptors (Lipinski definition) is 6. The summed E-state index contributed by atoms with van der Waals surface area (Å²) in [5, 5.41) is 12.0. The summed E-state index contributed by atoms with van der Waals surface area (Å²) in [6, 6.07) is 4.83. The molecule has 1 saturated heterocycles. The van der Waals surface area contributed by atoms with E-state index in [4.69, 9.17) is 0 Å². The minimum atomic E-state index is -0.499. The van der Waals surface area contributed by atoms with Gasteiger partial charge in [-0.25, -0.2) is 19.2 Å². The molecule has 2 N–H and O–H groups in total. The number of carbonyl (C=O) groups is 2. The molecule has 0 aliphatic carbocycles. The molecule has 1 atom stereocenters. The molecule has 2 aromatic heterocycles. The Morgan fingerprint density at radius 3 is 2.77 bits per heavy atom. The van der Waals surface area contributed by atoms with Gasteiger partial charge in [-0.05, 0) is 24.3 Å². The van der Waals surface area contributed by atoms with Crippen molar-refractivity contribution in [2.24, 2.45) is 0 Å². The predicted octanol–water partition coefficient (Wildman–Crippen LogP) is 2.25. The Hall–Kier alpha value is -3.14. The Morgan fingerprint density at radius 2 is 2.08 bits per heavy atom. The number of hydrogen-bond donors (Lipinski definition) is 2. The van der Waals surface area contributed by atoms with E-state index in [1.165, 1.54) is 23.5 Å². The van der Waals surface area contributed by atoms with Gasteiger partial charge in [0.1, 0.15) is 16.6 Å². The van der Waals surface area contributed by atoms with Crippen LogP contribution in [0.15, 0.2) is 35.8 Å². The number of nitrogens with zero attached hydrogens (tertiary/aromatic N) is 4. The number of nitrogens with one attached hydrogen (secondary N) is 2. The summed E-state index contributed by atoms with van der Waals surface area (Å²) < 4.78 is 13.0. The normalized spacial score (nSPS) is 17.4. The lowest BCUT2D eigenvalue weighted by atomic mass is 10.1. The first-order valence-electron chi connectivity index (χ1n) is 7.77. The third-order valence-electron chi connectivity index (χ3n) is 3.91. The standard InChI is InChI=1S/C16H13FN6O2S/c17-10-3-1-9(2-4-10)14-20-12(21-22-14)8-23-13(24)7-11(19-16(23)25)15-18-5-6-26-15/h1-6,11H,7-8H2,(H,19,25)(H,20,21,22). The van der Waals surface area contributed by atoms with Crippen LogP contribution in [0.1, 0.15) is 23.3 Å². The number of imide groups is 1. The van der Waals surface area contributed by atoms with Crippen molar-refractivity contribution in [1.29, 1.82) is 0 Å². The van der Waals surface area contributed by atoms with Crippen LogP contribution in [0.3, 0.4) is 0 Å². The van der Waals surface area contributed by atoms with Crippen molar-refractivity contribution in [2.75, 3.05) is 0 Å². The number of halogens is 1. The van der Waals surface area contributed by atoms with Crippen LogP contribution < -0.4 is 5.32 Å². The van der Waals surface area contributed by atoms with Gasteiger partial charge in [0.05, 0.1) is 19.0 Å². The van der Waals surface area contributed by atoms with E-state index in [9.17, 15) is 14.0 Å². The van der Waals surface area contributed by atoms with Crippen LogP contribution in [0.2, 0.25) is 0 Å². The third kappa shape index (κ3) is 3.18. The minimum absolute atomic E-state index is 0.0244. The Kier molecular flexibility index (Phi) is 4.17. The molecule has 8 nitrogen and oxygen atoms in total. The zero-order chi connectivity index (χ0) is 18.1. The number of amides is 3. The number of aromatic nitrogens is 4.